The summed E-state index contributed by atoms with van der Waals surface area (Å²) in [7, 11) is 0. The number of nitrogens with zero attached hydrogens (tertiary/aromatic N) is 4. The monoisotopic (exact) mass is 376 g/mol. The van der Waals surface area contributed by atoms with Gasteiger partial charge in [-0.3, -0.25) is 4.90 Å². The molecule has 4 heteroatoms. The van der Waals surface area contributed by atoms with E-state index in [9.17, 15) is 0 Å². The van der Waals surface area contributed by atoms with Crippen LogP contribution < -0.4 is 0 Å². The zero-order valence-electron chi connectivity index (χ0n) is 16.4. The van der Waals surface area contributed by atoms with E-state index in [-0.39, 0.29) is 5.92 Å². The second-order valence-corrected chi connectivity index (χ2v) is 7.90. The quantitative estimate of drug-likeness (QED) is 0.713. The molecule has 3 aliphatic heterocycles. The number of allylic oxidation sites excluding steroid dienone is 4. The van der Waals surface area contributed by atoms with E-state index in [4.69, 9.17) is 9.98 Å². The van der Waals surface area contributed by atoms with E-state index in [2.05, 4.69) is 90.5 Å². The Morgan fingerprint density at radius 3 is 2.62 bits per heavy atom. The van der Waals surface area contributed by atoms with Crippen LogP contribution in [0.2, 0.25) is 0 Å². The van der Waals surface area contributed by atoms with Gasteiger partial charge in [-0.2, -0.15) is 0 Å². The maximum absolute atomic E-state index is 5.26. The molecule has 0 N–H and O–H groups in total. The minimum absolute atomic E-state index is 0.276. The van der Waals surface area contributed by atoms with Crippen molar-refractivity contribution in [2.45, 2.75) is 19.4 Å². The maximum atomic E-state index is 5.26. The van der Waals surface area contributed by atoms with Crippen molar-refractivity contribution in [2.75, 3.05) is 0 Å². The summed E-state index contributed by atoms with van der Waals surface area (Å²) in [4.78, 5) is 17.2. The SMILES string of the molecule is Cc1ccc(C2(C3=CC=CC3C)N=C3N=CC=C4c5ccccc5N=C2N43)cc1. The summed E-state index contributed by atoms with van der Waals surface area (Å²) < 4.78 is 0. The molecule has 0 saturated carbocycles. The predicted molar refractivity (Wildman–Crippen MR) is 119 cm³/mol. The van der Waals surface area contributed by atoms with Crippen LogP contribution in [0.5, 0.6) is 0 Å². The van der Waals surface area contributed by atoms with Crippen LogP contribution in [0.1, 0.15) is 23.6 Å². The number of rotatable bonds is 2. The molecule has 0 spiro atoms. The van der Waals surface area contributed by atoms with Gasteiger partial charge in [0.15, 0.2) is 11.4 Å². The van der Waals surface area contributed by atoms with Crippen molar-refractivity contribution in [3.63, 3.8) is 0 Å². The average molecular weight is 376 g/mol. The van der Waals surface area contributed by atoms with Gasteiger partial charge in [0.25, 0.3) is 0 Å². The Hall–Kier alpha value is -3.53. The van der Waals surface area contributed by atoms with Crippen LogP contribution in [0.3, 0.4) is 0 Å². The van der Waals surface area contributed by atoms with Crippen molar-refractivity contribution in [1.82, 2.24) is 4.90 Å². The highest BCUT2D eigenvalue weighted by Crippen LogP contribution is 2.51. The smallest absolute Gasteiger partial charge is 0.232 e. The van der Waals surface area contributed by atoms with Crippen LogP contribution in [-0.4, -0.2) is 22.9 Å². The Morgan fingerprint density at radius 1 is 1.00 bits per heavy atom. The van der Waals surface area contributed by atoms with Gasteiger partial charge in [0.1, 0.15) is 0 Å². The second kappa shape index (κ2) is 5.74. The van der Waals surface area contributed by atoms with E-state index in [1.807, 2.05) is 12.3 Å². The molecule has 2 atom stereocenters. The number of para-hydroxylation sites is 1. The zero-order valence-corrected chi connectivity index (χ0v) is 16.4. The zero-order chi connectivity index (χ0) is 19.6. The number of guanidine groups is 1. The Labute approximate surface area is 170 Å². The Morgan fingerprint density at radius 2 is 1.83 bits per heavy atom. The molecular weight excluding hydrogens is 356 g/mol. The molecule has 2 aromatic carbocycles. The van der Waals surface area contributed by atoms with Gasteiger partial charge in [0.05, 0.1) is 11.4 Å². The molecule has 4 aliphatic rings. The molecule has 0 bridgehead atoms. The minimum Gasteiger partial charge on any atom is -0.263 e. The molecule has 29 heavy (non-hydrogen) atoms. The van der Waals surface area contributed by atoms with Gasteiger partial charge in [-0.15, -0.1) is 0 Å². The Balaban J connectivity index is 1.69. The minimum atomic E-state index is -0.680. The fraction of sp³-hybridized carbons (Fsp3) is 0.160. The predicted octanol–water partition coefficient (Wildman–Crippen LogP) is 5.16. The standard InChI is InChI=1S/C25H20N4/c1-16-10-12-18(13-11-16)25(20-8-5-6-17(20)2)23-27-21-9-4-3-7-19(21)22-14-15-26-24(28-25)29(22)23/h3-15,17H,1-2H3. The van der Waals surface area contributed by atoms with Crippen LogP contribution in [-0.2, 0) is 5.54 Å². The van der Waals surface area contributed by atoms with Crippen LogP contribution in [0.4, 0.5) is 5.69 Å². The molecular formula is C25H20N4. The van der Waals surface area contributed by atoms with Crippen molar-refractivity contribution in [3.05, 3.63) is 95.1 Å². The van der Waals surface area contributed by atoms with Gasteiger partial charge >= 0.3 is 0 Å². The molecule has 0 amide bonds. The highest BCUT2D eigenvalue weighted by atomic mass is 15.4. The number of aryl methyl sites for hydroxylation is 1. The number of aliphatic imine (C=N–C) groups is 3. The van der Waals surface area contributed by atoms with Crippen LogP contribution >= 0.6 is 0 Å². The third-order valence-corrected chi connectivity index (χ3v) is 6.13. The summed E-state index contributed by atoms with van der Waals surface area (Å²) in [5, 5.41) is 0. The van der Waals surface area contributed by atoms with Gasteiger partial charge in [-0.25, -0.2) is 15.0 Å². The number of amidine groups is 1. The van der Waals surface area contributed by atoms with Gasteiger partial charge in [0, 0.05) is 11.8 Å². The summed E-state index contributed by atoms with van der Waals surface area (Å²) in [6, 6.07) is 17.0. The third kappa shape index (κ3) is 2.11. The van der Waals surface area contributed by atoms with Crippen molar-refractivity contribution in [1.29, 1.82) is 0 Å². The summed E-state index contributed by atoms with van der Waals surface area (Å²) in [5.41, 5.74) is 6.09. The highest BCUT2D eigenvalue weighted by molar-refractivity contribution is 6.24. The lowest BCUT2D eigenvalue weighted by Crippen LogP contribution is -2.43. The Kier molecular flexibility index (Phi) is 3.25. The van der Waals surface area contributed by atoms with E-state index in [0.717, 1.165) is 28.3 Å². The summed E-state index contributed by atoms with van der Waals surface area (Å²) in [5.74, 6) is 1.90. The molecule has 0 saturated heterocycles. The normalized spacial score (nSPS) is 25.9. The second-order valence-electron chi connectivity index (χ2n) is 7.90. The molecule has 6 rings (SSSR count). The molecule has 0 fully saturated rings. The van der Waals surface area contributed by atoms with Crippen LogP contribution in [0.25, 0.3) is 5.70 Å². The first-order valence-corrected chi connectivity index (χ1v) is 9.97. The lowest BCUT2D eigenvalue weighted by Gasteiger charge is -2.36. The van der Waals surface area contributed by atoms with Gasteiger partial charge in [-0.05, 0) is 36.1 Å². The molecule has 0 aromatic heterocycles. The third-order valence-electron chi connectivity index (χ3n) is 6.13. The molecule has 2 unspecified atom stereocenters. The van der Waals surface area contributed by atoms with Crippen molar-refractivity contribution in [3.8, 4) is 0 Å². The molecule has 4 nitrogen and oxygen atoms in total. The van der Waals surface area contributed by atoms with Gasteiger partial charge in [0.2, 0.25) is 5.96 Å². The fourth-order valence-corrected chi connectivity index (χ4v) is 4.69. The first-order valence-electron chi connectivity index (χ1n) is 9.97. The summed E-state index contributed by atoms with van der Waals surface area (Å²) in [6.45, 7) is 4.33. The van der Waals surface area contributed by atoms with Crippen LogP contribution in [0.15, 0.2) is 93.4 Å². The first-order chi connectivity index (χ1) is 14.2. The van der Waals surface area contributed by atoms with Crippen molar-refractivity contribution in [2.24, 2.45) is 20.9 Å². The van der Waals surface area contributed by atoms with E-state index in [1.54, 1.807) is 0 Å². The number of hydrogen-bond acceptors (Lipinski definition) is 4. The summed E-state index contributed by atoms with van der Waals surface area (Å²) >= 11 is 0. The molecule has 0 radical (unpaired) electrons. The first kappa shape index (κ1) is 16.4. The van der Waals surface area contributed by atoms with Crippen molar-refractivity contribution >= 4 is 29.4 Å². The summed E-state index contributed by atoms with van der Waals surface area (Å²) in [6.07, 6.45) is 10.5. The lowest BCUT2D eigenvalue weighted by molar-refractivity contribution is 0.629. The average Bonchev–Trinajstić information content (AvgIpc) is 3.32. The Bertz CT molecular complexity index is 1220. The van der Waals surface area contributed by atoms with E-state index >= 15 is 0 Å². The van der Waals surface area contributed by atoms with Crippen molar-refractivity contribution < 1.29 is 0 Å². The highest BCUT2D eigenvalue weighted by Gasteiger charge is 2.54. The van der Waals surface area contributed by atoms with Gasteiger partial charge in [-0.1, -0.05) is 73.2 Å². The van der Waals surface area contributed by atoms with Gasteiger partial charge < -0.3 is 0 Å². The number of hydrogen-bond donors (Lipinski definition) is 0. The number of fused-ring (bicyclic) bond motifs is 2. The van der Waals surface area contributed by atoms with E-state index < -0.39 is 5.54 Å². The number of benzene rings is 2. The lowest BCUT2D eigenvalue weighted by atomic mass is 9.77. The molecule has 140 valence electrons. The molecule has 2 aromatic rings. The molecule has 1 aliphatic carbocycles. The largest absolute Gasteiger partial charge is 0.263 e. The fourth-order valence-electron chi connectivity index (χ4n) is 4.69. The topological polar surface area (TPSA) is 40.3 Å². The van der Waals surface area contributed by atoms with E-state index in [1.165, 1.54) is 11.1 Å². The van der Waals surface area contributed by atoms with E-state index in [0.29, 0.717) is 5.96 Å². The maximum Gasteiger partial charge on any atom is 0.232 e. The molecule has 3 heterocycles. The van der Waals surface area contributed by atoms with Crippen LogP contribution in [0, 0.1) is 12.8 Å².